The lowest BCUT2D eigenvalue weighted by molar-refractivity contribution is 0.0930. The van der Waals surface area contributed by atoms with Crippen molar-refractivity contribution in [1.82, 2.24) is 0 Å². The Morgan fingerprint density at radius 3 is 2.62 bits per heavy atom. The summed E-state index contributed by atoms with van der Waals surface area (Å²) < 4.78 is 1.85. The van der Waals surface area contributed by atoms with Crippen molar-refractivity contribution in [2.45, 2.75) is 20.3 Å². The van der Waals surface area contributed by atoms with Crippen LogP contribution in [0.2, 0.25) is 0 Å². The maximum Gasteiger partial charge on any atom is 0.176 e. The molecule has 1 atom stereocenters. The lowest BCUT2D eigenvalue weighted by Crippen LogP contribution is -2.08. The van der Waals surface area contributed by atoms with Crippen LogP contribution in [0, 0.1) is 5.92 Å². The molecule has 1 heterocycles. The van der Waals surface area contributed by atoms with Crippen molar-refractivity contribution in [2.24, 2.45) is 5.92 Å². The first-order valence-electron chi connectivity index (χ1n) is 4.04. The molecular formula is C9H10Br2OS. The van der Waals surface area contributed by atoms with Gasteiger partial charge in [-0.25, -0.2) is 0 Å². The zero-order chi connectivity index (χ0) is 10.0. The first kappa shape index (κ1) is 11.4. The number of Topliss-reactive ketones (excluding diaryl/α,β-unsaturated/α-hetero) is 1. The first-order valence-corrected chi connectivity index (χ1v) is 6.51. The highest BCUT2D eigenvalue weighted by Gasteiger charge is 2.19. The number of rotatable bonds is 3. The van der Waals surface area contributed by atoms with Gasteiger partial charge in [0, 0.05) is 15.8 Å². The number of carbonyl (C=O) groups is 1. The fraction of sp³-hybridized carbons (Fsp3) is 0.444. The minimum absolute atomic E-state index is 0.113. The van der Waals surface area contributed by atoms with Crippen LogP contribution in [-0.2, 0) is 0 Å². The molecule has 4 heteroatoms. The van der Waals surface area contributed by atoms with Crippen LogP contribution in [0.5, 0.6) is 0 Å². The predicted molar refractivity (Wildman–Crippen MR) is 63.5 cm³/mol. The summed E-state index contributed by atoms with van der Waals surface area (Å²) in [6, 6.07) is 0. The molecule has 13 heavy (non-hydrogen) atoms. The van der Waals surface area contributed by atoms with Crippen molar-refractivity contribution in [3.05, 3.63) is 19.2 Å². The monoisotopic (exact) mass is 324 g/mol. The number of carbonyl (C=O) groups excluding carboxylic acids is 1. The maximum atomic E-state index is 11.8. The topological polar surface area (TPSA) is 17.1 Å². The Labute approximate surface area is 98.8 Å². The van der Waals surface area contributed by atoms with E-state index in [2.05, 4.69) is 31.9 Å². The van der Waals surface area contributed by atoms with Gasteiger partial charge in [0.1, 0.15) is 0 Å². The molecule has 0 bridgehead atoms. The van der Waals surface area contributed by atoms with Crippen LogP contribution in [0.4, 0.5) is 0 Å². The lowest BCUT2D eigenvalue weighted by atomic mass is 10.0. The van der Waals surface area contributed by atoms with E-state index in [1.165, 1.54) is 11.3 Å². The normalized spacial score (nSPS) is 12.9. The van der Waals surface area contributed by atoms with E-state index in [4.69, 9.17) is 0 Å². The molecule has 0 fully saturated rings. The standard InChI is InChI=1S/C9H10Br2OS/c1-3-5(2)8(12)9-7(11)6(10)4-13-9/h4-5H,3H2,1-2H3. The SMILES string of the molecule is CCC(C)C(=O)c1scc(Br)c1Br. The van der Waals surface area contributed by atoms with Crippen LogP contribution in [0.3, 0.4) is 0 Å². The molecule has 0 aliphatic rings. The summed E-state index contributed by atoms with van der Waals surface area (Å²) in [6.45, 7) is 3.99. The van der Waals surface area contributed by atoms with E-state index in [0.29, 0.717) is 0 Å². The van der Waals surface area contributed by atoms with E-state index in [1.54, 1.807) is 0 Å². The van der Waals surface area contributed by atoms with Crippen LogP contribution < -0.4 is 0 Å². The smallest absolute Gasteiger partial charge is 0.176 e. The molecule has 1 unspecified atom stereocenters. The van der Waals surface area contributed by atoms with Gasteiger partial charge < -0.3 is 0 Å². The fourth-order valence-electron chi connectivity index (χ4n) is 0.898. The average molecular weight is 326 g/mol. The highest BCUT2D eigenvalue weighted by atomic mass is 79.9. The van der Waals surface area contributed by atoms with Gasteiger partial charge in [-0.05, 0) is 38.3 Å². The second-order valence-corrected chi connectivity index (χ2v) is 5.43. The van der Waals surface area contributed by atoms with Gasteiger partial charge in [0.25, 0.3) is 0 Å². The van der Waals surface area contributed by atoms with Gasteiger partial charge >= 0.3 is 0 Å². The summed E-state index contributed by atoms with van der Waals surface area (Å²) >= 11 is 8.24. The molecule has 0 N–H and O–H groups in total. The number of ketones is 1. The minimum Gasteiger partial charge on any atom is -0.293 e. The van der Waals surface area contributed by atoms with Crippen LogP contribution in [-0.4, -0.2) is 5.78 Å². The fourth-order valence-corrected chi connectivity index (χ4v) is 3.12. The van der Waals surface area contributed by atoms with Gasteiger partial charge in [0.15, 0.2) is 5.78 Å². The lowest BCUT2D eigenvalue weighted by Gasteiger charge is -2.05. The summed E-state index contributed by atoms with van der Waals surface area (Å²) in [5.74, 6) is 0.340. The third-order valence-corrected chi connectivity index (χ3v) is 5.51. The summed E-state index contributed by atoms with van der Waals surface area (Å²) in [5, 5.41) is 1.93. The van der Waals surface area contributed by atoms with E-state index in [9.17, 15) is 4.79 Å². The zero-order valence-electron chi connectivity index (χ0n) is 7.43. The highest BCUT2D eigenvalue weighted by molar-refractivity contribution is 9.13. The van der Waals surface area contributed by atoms with E-state index in [0.717, 1.165) is 20.2 Å². The van der Waals surface area contributed by atoms with Gasteiger partial charge in [0.05, 0.1) is 9.35 Å². The van der Waals surface area contributed by atoms with Crippen LogP contribution in [0.25, 0.3) is 0 Å². The number of thiophene rings is 1. The summed E-state index contributed by atoms with van der Waals surface area (Å²) in [6.07, 6.45) is 0.890. The largest absolute Gasteiger partial charge is 0.293 e. The molecule has 0 aliphatic carbocycles. The molecule has 1 aromatic rings. The Kier molecular flexibility index (Phi) is 4.13. The molecule has 0 saturated heterocycles. The Hall–Kier alpha value is 0.330. The van der Waals surface area contributed by atoms with E-state index in [-0.39, 0.29) is 11.7 Å². The molecule has 0 spiro atoms. The quantitative estimate of drug-likeness (QED) is 0.748. The molecule has 1 nitrogen and oxygen atoms in total. The molecule has 1 rings (SSSR count). The van der Waals surface area contributed by atoms with Gasteiger partial charge in [-0.3, -0.25) is 4.79 Å². The molecule has 72 valence electrons. The Balaban J connectivity index is 2.95. The van der Waals surface area contributed by atoms with Crippen molar-refractivity contribution < 1.29 is 4.79 Å². The Bertz CT molecular complexity index is 319. The molecule has 0 aliphatic heterocycles. The van der Waals surface area contributed by atoms with Crippen LogP contribution >= 0.6 is 43.2 Å². The molecule has 0 radical (unpaired) electrons. The highest BCUT2D eigenvalue weighted by Crippen LogP contribution is 2.34. The third kappa shape index (κ3) is 2.42. The number of hydrogen-bond acceptors (Lipinski definition) is 2. The minimum atomic E-state index is 0.113. The van der Waals surface area contributed by atoms with Gasteiger partial charge in [-0.1, -0.05) is 13.8 Å². The molecule has 0 saturated carbocycles. The molecular weight excluding hydrogens is 316 g/mol. The number of halogens is 2. The van der Waals surface area contributed by atoms with Crippen molar-refractivity contribution in [3.63, 3.8) is 0 Å². The summed E-state index contributed by atoms with van der Waals surface area (Å²) in [5.41, 5.74) is 0. The Morgan fingerprint density at radius 1 is 1.62 bits per heavy atom. The Morgan fingerprint density at radius 2 is 2.23 bits per heavy atom. The van der Waals surface area contributed by atoms with Crippen molar-refractivity contribution in [3.8, 4) is 0 Å². The predicted octanol–water partition coefficient (Wildman–Crippen LogP) is 4.50. The van der Waals surface area contributed by atoms with Gasteiger partial charge in [-0.15, -0.1) is 11.3 Å². The molecule has 1 aromatic heterocycles. The molecule has 0 amide bonds. The third-order valence-electron chi connectivity index (χ3n) is 1.97. The van der Waals surface area contributed by atoms with Crippen molar-refractivity contribution in [1.29, 1.82) is 0 Å². The molecule has 0 aromatic carbocycles. The second-order valence-electron chi connectivity index (χ2n) is 2.90. The van der Waals surface area contributed by atoms with Gasteiger partial charge in [-0.2, -0.15) is 0 Å². The summed E-state index contributed by atoms with van der Waals surface area (Å²) in [4.78, 5) is 12.6. The van der Waals surface area contributed by atoms with E-state index in [1.807, 2.05) is 19.2 Å². The average Bonchev–Trinajstić information content (AvgIpc) is 2.45. The van der Waals surface area contributed by atoms with Crippen molar-refractivity contribution >= 4 is 49.0 Å². The van der Waals surface area contributed by atoms with Crippen LogP contribution in [0.15, 0.2) is 14.3 Å². The van der Waals surface area contributed by atoms with E-state index >= 15 is 0 Å². The second kappa shape index (κ2) is 4.71. The van der Waals surface area contributed by atoms with Gasteiger partial charge in [0.2, 0.25) is 0 Å². The van der Waals surface area contributed by atoms with E-state index < -0.39 is 0 Å². The van der Waals surface area contributed by atoms with Crippen molar-refractivity contribution in [2.75, 3.05) is 0 Å². The van der Waals surface area contributed by atoms with Crippen LogP contribution in [0.1, 0.15) is 29.9 Å². The zero-order valence-corrected chi connectivity index (χ0v) is 11.4. The number of hydrogen-bond donors (Lipinski definition) is 0. The first-order chi connectivity index (χ1) is 6.07. The maximum absolute atomic E-state index is 11.8. The summed E-state index contributed by atoms with van der Waals surface area (Å²) in [7, 11) is 0.